The van der Waals surface area contributed by atoms with Crippen molar-refractivity contribution in [2.45, 2.75) is 25.4 Å². The maximum atomic E-state index is 10.2. The highest BCUT2D eigenvalue weighted by molar-refractivity contribution is 9.10. The maximum absolute atomic E-state index is 10.2. The lowest BCUT2D eigenvalue weighted by molar-refractivity contribution is 0.155. The summed E-state index contributed by atoms with van der Waals surface area (Å²) in [6, 6.07) is 10.0. The van der Waals surface area contributed by atoms with E-state index in [0.29, 0.717) is 5.92 Å². The van der Waals surface area contributed by atoms with Crippen LogP contribution in [0.1, 0.15) is 31.1 Å². The Hall–Kier alpha value is -0.930. The smallest absolute Gasteiger partial charge is 0.0974 e. The van der Waals surface area contributed by atoms with E-state index >= 15 is 0 Å². The van der Waals surface area contributed by atoms with Crippen molar-refractivity contribution in [3.8, 4) is 0 Å². The van der Waals surface area contributed by atoms with Crippen LogP contribution >= 0.6 is 15.9 Å². The Morgan fingerprint density at radius 1 is 1.35 bits per heavy atom. The van der Waals surface area contributed by atoms with Crippen LogP contribution in [-0.4, -0.2) is 10.1 Å². The number of benzene rings is 1. The predicted octanol–water partition coefficient (Wildman–Crippen LogP) is 3.83. The zero-order valence-corrected chi connectivity index (χ0v) is 11.0. The molecule has 17 heavy (non-hydrogen) atoms. The van der Waals surface area contributed by atoms with Gasteiger partial charge in [0, 0.05) is 9.86 Å². The molecular formula is C14H14BrNO. The number of para-hydroxylation sites is 1. The molecule has 2 aromatic rings. The van der Waals surface area contributed by atoms with Gasteiger partial charge in [-0.25, -0.2) is 4.98 Å². The van der Waals surface area contributed by atoms with Gasteiger partial charge in [0.05, 0.1) is 17.3 Å². The number of aromatic nitrogens is 1. The minimum atomic E-state index is -0.443. The molecule has 1 aromatic heterocycles. The molecule has 0 radical (unpaired) electrons. The van der Waals surface area contributed by atoms with Gasteiger partial charge in [-0.1, -0.05) is 31.0 Å². The number of fused-ring (bicyclic) bond motifs is 1. The van der Waals surface area contributed by atoms with E-state index in [2.05, 4.69) is 20.9 Å². The van der Waals surface area contributed by atoms with Gasteiger partial charge in [0.1, 0.15) is 0 Å². The fraction of sp³-hybridized carbons (Fsp3) is 0.357. The van der Waals surface area contributed by atoms with Crippen molar-refractivity contribution >= 4 is 26.8 Å². The van der Waals surface area contributed by atoms with Gasteiger partial charge in [-0.05, 0) is 40.4 Å². The second-order valence-corrected chi connectivity index (χ2v) is 5.60. The molecule has 0 amide bonds. The normalized spacial score (nSPS) is 17.3. The first kappa shape index (κ1) is 11.2. The lowest BCUT2D eigenvalue weighted by Gasteiger charge is -2.12. The third kappa shape index (κ3) is 2.35. The standard InChI is InChI=1S/C14H14BrNO/c15-11-8-10-3-1-2-4-12(10)16-14(11)13(17)7-9-5-6-9/h1-4,8-9,13,17H,5-7H2. The summed E-state index contributed by atoms with van der Waals surface area (Å²) < 4.78 is 0.907. The number of nitrogens with zero attached hydrogens (tertiary/aromatic N) is 1. The van der Waals surface area contributed by atoms with E-state index in [1.165, 1.54) is 12.8 Å². The Kier molecular flexibility index (Phi) is 2.89. The summed E-state index contributed by atoms with van der Waals surface area (Å²) in [4.78, 5) is 4.56. The summed E-state index contributed by atoms with van der Waals surface area (Å²) in [7, 11) is 0. The minimum Gasteiger partial charge on any atom is -0.387 e. The Morgan fingerprint density at radius 2 is 2.12 bits per heavy atom. The molecule has 2 nitrogen and oxygen atoms in total. The van der Waals surface area contributed by atoms with Crippen LogP contribution in [0, 0.1) is 5.92 Å². The fourth-order valence-electron chi connectivity index (χ4n) is 2.12. The number of aliphatic hydroxyl groups is 1. The van der Waals surface area contributed by atoms with Gasteiger partial charge >= 0.3 is 0 Å². The molecule has 88 valence electrons. The van der Waals surface area contributed by atoms with Gasteiger partial charge in [-0.15, -0.1) is 0 Å². The molecule has 1 fully saturated rings. The molecule has 1 unspecified atom stereocenters. The molecule has 1 aliphatic rings. The molecule has 0 bridgehead atoms. The van der Waals surface area contributed by atoms with Crippen molar-refractivity contribution in [1.82, 2.24) is 4.98 Å². The molecule has 0 aliphatic heterocycles. The van der Waals surface area contributed by atoms with Crippen LogP contribution in [0.25, 0.3) is 10.9 Å². The molecule has 0 spiro atoms. The third-order valence-corrected chi connectivity index (χ3v) is 3.91. The molecule has 0 saturated heterocycles. The van der Waals surface area contributed by atoms with Crippen molar-refractivity contribution in [2.24, 2.45) is 5.92 Å². The van der Waals surface area contributed by atoms with E-state index in [4.69, 9.17) is 0 Å². The molecular weight excluding hydrogens is 278 g/mol. The van der Waals surface area contributed by atoms with E-state index in [0.717, 1.165) is 27.5 Å². The van der Waals surface area contributed by atoms with Crippen molar-refractivity contribution in [3.63, 3.8) is 0 Å². The summed E-state index contributed by atoms with van der Waals surface area (Å²) in [5.74, 6) is 0.699. The quantitative estimate of drug-likeness (QED) is 0.932. The summed E-state index contributed by atoms with van der Waals surface area (Å²) in [6.45, 7) is 0. The fourth-order valence-corrected chi connectivity index (χ4v) is 2.72. The van der Waals surface area contributed by atoms with E-state index in [9.17, 15) is 5.11 Å². The van der Waals surface area contributed by atoms with Gasteiger partial charge in [0.25, 0.3) is 0 Å². The SMILES string of the molecule is OC(CC1CC1)c1nc2ccccc2cc1Br. The lowest BCUT2D eigenvalue weighted by Crippen LogP contribution is -2.03. The summed E-state index contributed by atoms with van der Waals surface area (Å²) >= 11 is 3.51. The van der Waals surface area contributed by atoms with Crippen LogP contribution in [-0.2, 0) is 0 Å². The van der Waals surface area contributed by atoms with Crippen molar-refractivity contribution in [1.29, 1.82) is 0 Å². The van der Waals surface area contributed by atoms with Gasteiger partial charge in [-0.3, -0.25) is 0 Å². The molecule has 1 heterocycles. The van der Waals surface area contributed by atoms with Crippen LogP contribution < -0.4 is 0 Å². The van der Waals surface area contributed by atoms with Gasteiger partial charge in [0.15, 0.2) is 0 Å². The Balaban J connectivity index is 1.99. The van der Waals surface area contributed by atoms with E-state index in [-0.39, 0.29) is 0 Å². The van der Waals surface area contributed by atoms with Crippen molar-refractivity contribution in [2.75, 3.05) is 0 Å². The van der Waals surface area contributed by atoms with Gasteiger partial charge in [-0.2, -0.15) is 0 Å². The summed E-state index contributed by atoms with van der Waals surface area (Å²) in [5, 5.41) is 11.3. The number of rotatable bonds is 3. The molecule has 1 atom stereocenters. The number of halogens is 1. The van der Waals surface area contributed by atoms with Crippen molar-refractivity contribution in [3.05, 3.63) is 40.5 Å². The first-order chi connectivity index (χ1) is 8.24. The Bertz CT molecular complexity index is 551. The van der Waals surface area contributed by atoms with Crippen LogP contribution in [0.5, 0.6) is 0 Å². The number of hydrogen-bond donors (Lipinski definition) is 1. The third-order valence-electron chi connectivity index (χ3n) is 3.27. The lowest BCUT2D eigenvalue weighted by atomic mass is 10.1. The van der Waals surface area contributed by atoms with E-state index in [1.54, 1.807) is 0 Å². The van der Waals surface area contributed by atoms with Crippen molar-refractivity contribution < 1.29 is 5.11 Å². The molecule has 3 heteroatoms. The monoisotopic (exact) mass is 291 g/mol. The maximum Gasteiger partial charge on any atom is 0.0974 e. The Morgan fingerprint density at radius 3 is 2.88 bits per heavy atom. The number of hydrogen-bond acceptors (Lipinski definition) is 2. The average Bonchev–Trinajstić information content (AvgIpc) is 3.12. The van der Waals surface area contributed by atoms with Crippen LogP contribution in [0.15, 0.2) is 34.8 Å². The molecule has 1 saturated carbocycles. The highest BCUT2D eigenvalue weighted by Gasteiger charge is 2.26. The molecule has 1 aromatic carbocycles. The second kappa shape index (κ2) is 4.39. The van der Waals surface area contributed by atoms with E-state index < -0.39 is 6.10 Å². The van der Waals surface area contributed by atoms with Crippen LogP contribution in [0.3, 0.4) is 0 Å². The number of pyridine rings is 1. The molecule has 1 N–H and O–H groups in total. The topological polar surface area (TPSA) is 33.1 Å². The average molecular weight is 292 g/mol. The highest BCUT2D eigenvalue weighted by Crippen LogP contribution is 2.39. The second-order valence-electron chi connectivity index (χ2n) is 4.74. The zero-order valence-electron chi connectivity index (χ0n) is 9.44. The van der Waals surface area contributed by atoms with Crippen LogP contribution in [0.2, 0.25) is 0 Å². The van der Waals surface area contributed by atoms with Gasteiger partial charge < -0.3 is 5.11 Å². The predicted molar refractivity (Wildman–Crippen MR) is 71.7 cm³/mol. The first-order valence-electron chi connectivity index (χ1n) is 5.97. The number of aliphatic hydroxyl groups excluding tert-OH is 1. The minimum absolute atomic E-state index is 0.443. The van der Waals surface area contributed by atoms with Crippen LogP contribution in [0.4, 0.5) is 0 Å². The summed E-state index contributed by atoms with van der Waals surface area (Å²) in [5.41, 5.74) is 1.72. The van der Waals surface area contributed by atoms with E-state index in [1.807, 2.05) is 30.3 Å². The largest absolute Gasteiger partial charge is 0.387 e. The Labute approximate surface area is 109 Å². The first-order valence-corrected chi connectivity index (χ1v) is 6.76. The van der Waals surface area contributed by atoms with Gasteiger partial charge in [0.2, 0.25) is 0 Å². The zero-order chi connectivity index (χ0) is 11.8. The highest BCUT2D eigenvalue weighted by atomic mass is 79.9. The molecule has 3 rings (SSSR count). The molecule has 1 aliphatic carbocycles. The summed E-state index contributed by atoms with van der Waals surface area (Å²) in [6.07, 6.45) is 2.90.